The summed E-state index contributed by atoms with van der Waals surface area (Å²) < 4.78 is 39.1. The number of hydrogen-bond donors (Lipinski definition) is 3. The fraction of sp³-hybridized carbons (Fsp3) is 0.316. The summed E-state index contributed by atoms with van der Waals surface area (Å²) in [6.45, 7) is 1.33. The number of nitrogens with one attached hydrogen (secondary N) is 2. The van der Waals surface area contributed by atoms with Crippen molar-refractivity contribution in [2.45, 2.75) is 25.1 Å². The van der Waals surface area contributed by atoms with E-state index in [0.717, 1.165) is 25.0 Å². The van der Waals surface area contributed by atoms with Gasteiger partial charge < -0.3 is 20.9 Å². The molecule has 0 aliphatic carbocycles. The fourth-order valence-electron chi connectivity index (χ4n) is 3.32. The molecule has 3 heterocycles. The smallest absolute Gasteiger partial charge is 0.341 e. The molecule has 0 radical (unpaired) electrons. The normalized spacial score (nSPS) is 15.1. The first-order chi connectivity index (χ1) is 13.8. The zero-order valence-electron chi connectivity index (χ0n) is 15.7. The zero-order chi connectivity index (χ0) is 20.6. The van der Waals surface area contributed by atoms with E-state index in [2.05, 4.69) is 20.3 Å². The van der Waals surface area contributed by atoms with Crippen molar-refractivity contribution >= 4 is 40.8 Å². The van der Waals surface area contributed by atoms with E-state index in [4.69, 9.17) is 5.73 Å². The molecule has 0 amide bonds. The Morgan fingerprint density at radius 2 is 1.90 bits per heavy atom. The van der Waals surface area contributed by atoms with Crippen LogP contribution in [0.2, 0.25) is 0 Å². The van der Waals surface area contributed by atoms with E-state index in [0.29, 0.717) is 24.6 Å². The molecule has 4 N–H and O–H groups in total. The minimum Gasteiger partial charge on any atom is -0.341 e. The Labute approximate surface area is 175 Å². The molecule has 0 spiro atoms. The van der Waals surface area contributed by atoms with E-state index in [1.54, 1.807) is 6.07 Å². The minimum atomic E-state index is -4.47. The molecular weight excluding hydrogens is 421 g/mol. The SMILES string of the molecule is Cl.NC1CCN(c2nc(Nc3cccc(C(F)(F)F)c3)c3c(=O)[nH]ccc3n2)CC1. The van der Waals surface area contributed by atoms with Crippen molar-refractivity contribution in [1.29, 1.82) is 0 Å². The first kappa shape index (κ1) is 21.8. The molecule has 1 aromatic carbocycles. The third-order valence-corrected chi connectivity index (χ3v) is 4.88. The first-order valence-electron chi connectivity index (χ1n) is 9.15. The van der Waals surface area contributed by atoms with Crippen LogP contribution in [0.5, 0.6) is 0 Å². The zero-order valence-corrected chi connectivity index (χ0v) is 16.6. The lowest BCUT2D eigenvalue weighted by Gasteiger charge is -2.30. The summed E-state index contributed by atoms with van der Waals surface area (Å²) in [5, 5.41) is 3.05. The number of aromatic nitrogens is 3. The molecule has 1 fully saturated rings. The van der Waals surface area contributed by atoms with Crippen LogP contribution in [-0.4, -0.2) is 34.1 Å². The Hall–Kier alpha value is -2.85. The topological polar surface area (TPSA) is 99.9 Å². The second kappa shape index (κ2) is 8.49. The van der Waals surface area contributed by atoms with Gasteiger partial charge in [-0.1, -0.05) is 6.07 Å². The second-order valence-electron chi connectivity index (χ2n) is 6.97. The molecular formula is C19H20ClF3N6O. The number of pyridine rings is 1. The molecule has 11 heteroatoms. The summed E-state index contributed by atoms with van der Waals surface area (Å²) in [6, 6.07) is 6.50. The van der Waals surface area contributed by atoms with Crippen LogP contribution in [0.1, 0.15) is 18.4 Å². The van der Waals surface area contributed by atoms with Crippen molar-refractivity contribution in [3.63, 3.8) is 0 Å². The van der Waals surface area contributed by atoms with Crippen LogP contribution in [0.3, 0.4) is 0 Å². The second-order valence-corrected chi connectivity index (χ2v) is 6.97. The van der Waals surface area contributed by atoms with Gasteiger partial charge in [0, 0.05) is 31.0 Å². The Balaban J connectivity index is 0.00000256. The average molecular weight is 441 g/mol. The number of nitrogens with zero attached hydrogens (tertiary/aromatic N) is 3. The summed E-state index contributed by atoms with van der Waals surface area (Å²) in [7, 11) is 0. The van der Waals surface area contributed by atoms with Gasteiger partial charge in [0.05, 0.1) is 11.1 Å². The van der Waals surface area contributed by atoms with Crippen LogP contribution in [0.25, 0.3) is 10.9 Å². The quantitative estimate of drug-likeness (QED) is 0.577. The first-order valence-corrected chi connectivity index (χ1v) is 9.15. The van der Waals surface area contributed by atoms with Gasteiger partial charge in [-0.2, -0.15) is 18.2 Å². The molecule has 4 rings (SSSR count). The third kappa shape index (κ3) is 4.49. The molecule has 1 aliphatic rings. The van der Waals surface area contributed by atoms with Crippen LogP contribution in [0.15, 0.2) is 41.3 Å². The molecule has 2 aromatic heterocycles. The van der Waals surface area contributed by atoms with Crippen molar-refractivity contribution in [3.05, 3.63) is 52.4 Å². The average Bonchev–Trinajstić information content (AvgIpc) is 2.68. The van der Waals surface area contributed by atoms with E-state index in [-0.39, 0.29) is 35.3 Å². The van der Waals surface area contributed by atoms with E-state index < -0.39 is 17.3 Å². The molecule has 7 nitrogen and oxygen atoms in total. The molecule has 160 valence electrons. The van der Waals surface area contributed by atoms with Gasteiger partial charge in [-0.3, -0.25) is 4.79 Å². The van der Waals surface area contributed by atoms with Crippen LogP contribution >= 0.6 is 12.4 Å². The van der Waals surface area contributed by atoms with Gasteiger partial charge in [0.1, 0.15) is 11.2 Å². The maximum atomic E-state index is 13.0. The van der Waals surface area contributed by atoms with E-state index in [1.165, 1.54) is 18.3 Å². The fourth-order valence-corrected chi connectivity index (χ4v) is 3.32. The number of H-pyrrole nitrogens is 1. The predicted octanol–water partition coefficient (Wildman–Crippen LogP) is 3.43. The van der Waals surface area contributed by atoms with Crippen molar-refractivity contribution in [2.75, 3.05) is 23.3 Å². The summed E-state index contributed by atoms with van der Waals surface area (Å²) >= 11 is 0. The number of aromatic amines is 1. The highest BCUT2D eigenvalue weighted by molar-refractivity contribution is 5.91. The maximum Gasteiger partial charge on any atom is 0.416 e. The molecule has 0 unspecified atom stereocenters. The van der Waals surface area contributed by atoms with Crippen LogP contribution in [0, 0.1) is 0 Å². The molecule has 0 atom stereocenters. The monoisotopic (exact) mass is 440 g/mol. The Kier molecular flexibility index (Phi) is 6.18. The minimum absolute atomic E-state index is 0. The lowest BCUT2D eigenvalue weighted by Crippen LogP contribution is -2.40. The van der Waals surface area contributed by atoms with Gasteiger partial charge in [0.2, 0.25) is 5.95 Å². The molecule has 0 saturated carbocycles. The van der Waals surface area contributed by atoms with E-state index >= 15 is 0 Å². The lowest BCUT2D eigenvalue weighted by molar-refractivity contribution is -0.137. The highest BCUT2D eigenvalue weighted by atomic mass is 35.5. The van der Waals surface area contributed by atoms with Crippen molar-refractivity contribution < 1.29 is 13.2 Å². The number of hydrogen-bond acceptors (Lipinski definition) is 6. The Morgan fingerprint density at radius 3 is 2.60 bits per heavy atom. The van der Waals surface area contributed by atoms with Crippen molar-refractivity contribution in [1.82, 2.24) is 15.0 Å². The molecule has 30 heavy (non-hydrogen) atoms. The number of rotatable bonds is 3. The van der Waals surface area contributed by atoms with E-state index in [9.17, 15) is 18.0 Å². The van der Waals surface area contributed by atoms with Crippen LogP contribution in [0.4, 0.5) is 30.6 Å². The van der Waals surface area contributed by atoms with Gasteiger partial charge in [-0.25, -0.2) is 4.98 Å². The van der Waals surface area contributed by atoms with Crippen LogP contribution < -0.4 is 21.5 Å². The van der Waals surface area contributed by atoms with Gasteiger partial charge >= 0.3 is 6.18 Å². The lowest BCUT2D eigenvalue weighted by atomic mass is 10.1. The number of piperidine rings is 1. The standard InChI is InChI=1S/C19H19F3N6O.ClH/c20-19(21,22)11-2-1-3-13(10-11)25-16-15-14(4-7-24-17(15)29)26-18(27-16)28-8-5-12(23)6-9-28;/h1-4,7,10,12H,5-6,8-9,23H2,(H,24,29)(H,25,26,27);1H. The maximum absolute atomic E-state index is 13.0. The predicted molar refractivity (Wildman–Crippen MR) is 112 cm³/mol. The number of nitrogens with two attached hydrogens (primary N) is 1. The molecule has 1 saturated heterocycles. The summed E-state index contributed by atoms with van der Waals surface area (Å²) in [5.41, 5.74) is 5.31. The largest absolute Gasteiger partial charge is 0.416 e. The van der Waals surface area contributed by atoms with Gasteiger partial charge in [-0.15, -0.1) is 12.4 Å². The summed E-state index contributed by atoms with van der Waals surface area (Å²) in [6.07, 6.45) is -1.43. The summed E-state index contributed by atoms with van der Waals surface area (Å²) in [5.74, 6) is 0.561. The molecule has 3 aromatic rings. The Bertz CT molecular complexity index is 1100. The van der Waals surface area contributed by atoms with Gasteiger partial charge in [0.25, 0.3) is 5.56 Å². The number of fused-ring (bicyclic) bond motifs is 1. The number of halogens is 4. The van der Waals surface area contributed by atoms with Gasteiger partial charge in [0.15, 0.2) is 0 Å². The highest BCUT2D eigenvalue weighted by Crippen LogP contribution is 2.32. The van der Waals surface area contributed by atoms with Crippen molar-refractivity contribution in [3.8, 4) is 0 Å². The van der Waals surface area contributed by atoms with Crippen LogP contribution in [-0.2, 0) is 6.18 Å². The molecule has 1 aliphatic heterocycles. The van der Waals surface area contributed by atoms with E-state index in [1.807, 2.05) is 4.90 Å². The summed E-state index contributed by atoms with van der Waals surface area (Å²) in [4.78, 5) is 25.8. The highest BCUT2D eigenvalue weighted by Gasteiger charge is 2.30. The number of alkyl halides is 3. The van der Waals surface area contributed by atoms with Gasteiger partial charge in [-0.05, 0) is 37.1 Å². The third-order valence-electron chi connectivity index (χ3n) is 4.88. The van der Waals surface area contributed by atoms with Crippen molar-refractivity contribution in [2.24, 2.45) is 5.73 Å². The Morgan fingerprint density at radius 1 is 1.17 bits per heavy atom. The molecule has 0 bridgehead atoms. The number of benzene rings is 1. The number of anilines is 3.